The molecule has 3 nitrogen and oxygen atoms in total. The number of likely N-dealkylation sites (tertiary alicyclic amines) is 2. The van der Waals surface area contributed by atoms with E-state index in [0.29, 0.717) is 0 Å². The molecule has 2 aliphatic rings. The molecule has 2 atom stereocenters. The molecule has 0 amide bonds. The van der Waals surface area contributed by atoms with Crippen molar-refractivity contribution in [3.63, 3.8) is 0 Å². The highest BCUT2D eigenvalue weighted by Gasteiger charge is 2.22. The van der Waals surface area contributed by atoms with Crippen molar-refractivity contribution in [3.8, 4) is 0 Å². The number of hydrogen-bond donors (Lipinski definition) is 1. The van der Waals surface area contributed by atoms with Gasteiger partial charge in [0, 0.05) is 19.1 Å². The smallest absolute Gasteiger partial charge is 0.0217 e. The van der Waals surface area contributed by atoms with Gasteiger partial charge in [-0.05, 0) is 58.4 Å². The zero-order valence-electron chi connectivity index (χ0n) is 11.6. The summed E-state index contributed by atoms with van der Waals surface area (Å²) in [5.41, 5.74) is 0. The number of rotatable bonds is 5. The third-order valence-corrected chi connectivity index (χ3v) is 4.55. The lowest BCUT2D eigenvalue weighted by Crippen LogP contribution is -2.44. The highest BCUT2D eigenvalue weighted by molar-refractivity contribution is 4.79. The van der Waals surface area contributed by atoms with E-state index in [0.717, 1.165) is 12.0 Å². The maximum Gasteiger partial charge on any atom is 0.0217 e. The molecule has 2 saturated heterocycles. The van der Waals surface area contributed by atoms with E-state index in [9.17, 15) is 0 Å². The zero-order valence-corrected chi connectivity index (χ0v) is 11.6. The molecule has 0 spiro atoms. The van der Waals surface area contributed by atoms with Crippen LogP contribution in [0, 0.1) is 5.92 Å². The second kappa shape index (κ2) is 6.72. The molecule has 0 saturated carbocycles. The predicted octanol–water partition coefficient (Wildman–Crippen LogP) is 1.40. The highest BCUT2D eigenvalue weighted by atomic mass is 15.2. The topological polar surface area (TPSA) is 18.5 Å². The first-order valence-electron chi connectivity index (χ1n) is 7.43. The van der Waals surface area contributed by atoms with E-state index in [2.05, 4.69) is 29.1 Å². The van der Waals surface area contributed by atoms with Crippen LogP contribution in [0.1, 0.15) is 32.6 Å². The fourth-order valence-electron chi connectivity index (χ4n) is 3.22. The molecule has 0 aromatic heterocycles. The van der Waals surface area contributed by atoms with Crippen LogP contribution in [-0.4, -0.2) is 62.2 Å². The predicted molar refractivity (Wildman–Crippen MR) is 73.4 cm³/mol. The largest absolute Gasteiger partial charge is 0.315 e. The van der Waals surface area contributed by atoms with E-state index in [1.54, 1.807) is 0 Å². The minimum Gasteiger partial charge on any atom is -0.315 e. The second-order valence-electron chi connectivity index (χ2n) is 5.84. The Kier molecular flexibility index (Phi) is 5.26. The monoisotopic (exact) mass is 239 g/mol. The van der Waals surface area contributed by atoms with Gasteiger partial charge in [-0.15, -0.1) is 0 Å². The van der Waals surface area contributed by atoms with Crippen LogP contribution in [0.5, 0.6) is 0 Å². The van der Waals surface area contributed by atoms with Crippen LogP contribution in [0.4, 0.5) is 0 Å². The SMILES string of the molecule is CCN1CCC(CNCC2CCCCN2C)C1. The van der Waals surface area contributed by atoms with Crippen molar-refractivity contribution in [2.75, 3.05) is 46.3 Å². The van der Waals surface area contributed by atoms with Gasteiger partial charge in [-0.25, -0.2) is 0 Å². The van der Waals surface area contributed by atoms with Crippen molar-refractivity contribution in [1.82, 2.24) is 15.1 Å². The van der Waals surface area contributed by atoms with Crippen molar-refractivity contribution in [2.45, 2.75) is 38.6 Å². The number of nitrogens with one attached hydrogen (secondary N) is 1. The van der Waals surface area contributed by atoms with E-state index < -0.39 is 0 Å². The Hall–Kier alpha value is -0.120. The molecule has 2 aliphatic heterocycles. The minimum absolute atomic E-state index is 0.785. The van der Waals surface area contributed by atoms with Gasteiger partial charge < -0.3 is 15.1 Å². The van der Waals surface area contributed by atoms with Gasteiger partial charge in [-0.2, -0.15) is 0 Å². The zero-order chi connectivity index (χ0) is 12.1. The first-order valence-corrected chi connectivity index (χ1v) is 7.43. The van der Waals surface area contributed by atoms with Gasteiger partial charge in [0.15, 0.2) is 0 Å². The Morgan fingerprint density at radius 2 is 2.00 bits per heavy atom. The maximum atomic E-state index is 3.70. The molecule has 2 rings (SSSR count). The lowest BCUT2D eigenvalue weighted by molar-refractivity contribution is 0.180. The van der Waals surface area contributed by atoms with Crippen LogP contribution in [-0.2, 0) is 0 Å². The number of hydrogen-bond acceptors (Lipinski definition) is 3. The molecule has 0 radical (unpaired) electrons. The van der Waals surface area contributed by atoms with Crippen LogP contribution < -0.4 is 5.32 Å². The molecule has 2 fully saturated rings. The van der Waals surface area contributed by atoms with Gasteiger partial charge in [0.2, 0.25) is 0 Å². The normalized spacial score (nSPS) is 32.1. The third-order valence-electron chi connectivity index (χ3n) is 4.55. The highest BCUT2D eigenvalue weighted by Crippen LogP contribution is 2.16. The average Bonchev–Trinajstić information content (AvgIpc) is 2.80. The minimum atomic E-state index is 0.785. The summed E-state index contributed by atoms with van der Waals surface area (Å²) in [5, 5.41) is 3.70. The quantitative estimate of drug-likeness (QED) is 0.782. The number of nitrogens with zero attached hydrogens (tertiary/aromatic N) is 2. The summed E-state index contributed by atoms with van der Waals surface area (Å²) < 4.78 is 0. The van der Waals surface area contributed by atoms with Gasteiger partial charge in [0.25, 0.3) is 0 Å². The van der Waals surface area contributed by atoms with Crippen molar-refractivity contribution < 1.29 is 0 Å². The summed E-state index contributed by atoms with van der Waals surface area (Å²) in [6, 6.07) is 0.785. The summed E-state index contributed by atoms with van der Waals surface area (Å²) in [5.74, 6) is 0.892. The van der Waals surface area contributed by atoms with Gasteiger partial charge >= 0.3 is 0 Å². The van der Waals surface area contributed by atoms with Crippen molar-refractivity contribution in [2.24, 2.45) is 5.92 Å². The van der Waals surface area contributed by atoms with Gasteiger partial charge in [-0.1, -0.05) is 13.3 Å². The molecular weight excluding hydrogens is 210 g/mol. The van der Waals surface area contributed by atoms with Crippen LogP contribution in [0.15, 0.2) is 0 Å². The van der Waals surface area contributed by atoms with Gasteiger partial charge in [0.1, 0.15) is 0 Å². The number of piperidine rings is 1. The fourth-order valence-corrected chi connectivity index (χ4v) is 3.22. The van der Waals surface area contributed by atoms with E-state index in [1.807, 2.05) is 0 Å². The first-order chi connectivity index (χ1) is 8.29. The third kappa shape index (κ3) is 3.94. The standard InChI is InChI=1S/C14H29N3/c1-3-17-9-7-13(12-17)10-15-11-14-6-4-5-8-16(14)2/h13-15H,3-12H2,1-2H3. The molecule has 0 aliphatic carbocycles. The molecule has 100 valence electrons. The van der Waals surface area contributed by atoms with Crippen molar-refractivity contribution in [3.05, 3.63) is 0 Å². The first kappa shape index (κ1) is 13.3. The summed E-state index contributed by atoms with van der Waals surface area (Å²) in [6.45, 7) is 9.82. The van der Waals surface area contributed by atoms with Crippen LogP contribution >= 0.6 is 0 Å². The molecule has 2 unspecified atom stereocenters. The van der Waals surface area contributed by atoms with E-state index in [-0.39, 0.29) is 0 Å². The van der Waals surface area contributed by atoms with Crippen LogP contribution in [0.2, 0.25) is 0 Å². The molecule has 1 N–H and O–H groups in total. The maximum absolute atomic E-state index is 3.70. The Balaban J connectivity index is 1.59. The lowest BCUT2D eigenvalue weighted by Gasteiger charge is -2.32. The van der Waals surface area contributed by atoms with Crippen LogP contribution in [0.25, 0.3) is 0 Å². The summed E-state index contributed by atoms with van der Waals surface area (Å²) >= 11 is 0. The van der Waals surface area contributed by atoms with Crippen molar-refractivity contribution in [1.29, 1.82) is 0 Å². The Bertz CT molecular complexity index is 220. The second-order valence-corrected chi connectivity index (χ2v) is 5.84. The molecular formula is C14H29N3. The summed E-state index contributed by atoms with van der Waals surface area (Å²) in [6.07, 6.45) is 5.58. The van der Waals surface area contributed by atoms with Gasteiger partial charge in [-0.3, -0.25) is 0 Å². The van der Waals surface area contributed by atoms with Gasteiger partial charge in [0.05, 0.1) is 0 Å². The van der Waals surface area contributed by atoms with E-state index in [4.69, 9.17) is 0 Å². The molecule has 0 aromatic rings. The molecule has 2 heterocycles. The molecule has 0 bridgehead atoms. The van der Waals surface area contributed by atoms with Crippen molar-refractivity contribution >= 4 is 0 Å². The van der Waals surface area contributed by atoms with Crippen LogP contribution in [0.3, 0.4) is 0 Å². The Morgan fingerprint density at radius 3 is 2.71 bits per heavy atom. The average molecular weight is 239 g/mol. The lowest BCUT2D eigenvalue weighted by atomic mass is 10.0. The Morgan fingerprint density at radius 1 is 1.12 bits per heavy atom. The summed E-state index contributed by atoms with van der Waals surface area (Å²) in [7, 11) is 2.28. The number of likely N-dealkylation sites (N-methyl/N-ethyl adjacent to an activating group) is 1. The summed E-state index contributed by atoms with van der Waals surface area (Å²) in [4.78, 5) is 5.10. The molecule has 0 aromatic carbocycles. The van der Waals surface area contributed by atoms with E-state index >= 15 is 0 Å². The van der Waals surface area contributed by atoms with E-state index in [1.165, 1.54) is 65.0 Å². The fraction of sp³-hybridized carbons (Fsp3) is 1.00. The molecule has 17 heavy (non-hydrogen) atoms. The molecule has 3 heteroatoms. The Labute approximate surface area is 107 Å².